The highest BCUT2D eigenvalue weighted by atomic mass is 16.7. The molecule has 0 aromatic heterocycles. The normalized spacial score (nSPS) is 18.2. The second-order valence-electron chi connectivity index (χ2n) is 2.25. The summed E-state index contributed by atoms with van der Waals surface area (Å²) in [5, 5.41) is 1.30. The highest BCUT2D eigenvalue weighted by molar-refractivity contribution is 5.75. The van der Waals surface area contributed by atoms with Gasteiger partial charge in [-0.15, -0.1) is 0 Å². The van der Waals surface area contributed by atoms with Gasteiger partial charge in [0, 0.05) is 13.7 Å². The van der Waals surface area contributed by atoms with E-state index in [-0.39, 0.29) is 6.03 Å². The number of urea groups is 1. The quantitative estimate of drug-likeness (QED) is 0.578. The topological polar surface area (TPSA) is 42.0 Å². The molecule has 0 aromatic carbocycles. The Labute approximate surface area is 65.4 Å². The van der Waals surface area contributed by atoms with Crippen LogP contribution in [0.1, 0.15) is 0 Å². The smallest absolute Gasteiger partial charge is 0.345 e. The first kappa shape index (κ1) is 8.29. The van der Waals surface area contributed by atoms with Crippen molar-refractivity contribution in [3.8, 4) is 0 Å². The molecule has 0 N–H and O–H groups in total. The molecular formula is C6H12N2O3. The van der Waals surface area contributed by atoms with E-state index in [1.54, 1.807) is 12.0 Å². The summed E-state index contributed by atoms with van der Waals surface area (Å²) in [6.07, 6.45) is 0. The Morgan fingerprint density at radius 2 is 2.18 bits per heavy atom. The second-order valence-corrected chi connectivity index (χ2v) is 2.25. The Hall–Kier alpha value is -0.810. The van der Waals surface area contributed by atoms with Crippen LogP contribution in [0, 0.1) is 0 Å². The van der Waals surface area contributed by atoms with Gasteiger partial charge in [0.05, 0.1) is 13.7 Å². The van der Waals surface area contributed by atoms with Crippen molar-refractivity contribution in [3.63, 3.8) is 0 Å². The van der Waals surface area contributed by atoms with Gasteiger partial charge in [0.2, 0.25) is 0 Å². The van der Waals surface area contributed by atoms with Crippen LogP contribution in [0.3, 0.4) is 0 Å². The van der Waals surface area contributed by atoms with E-state index < -0.39 is 0 Å². The minimum Gasteiger partial charge on any atom is -0.364 e. The summed E-state index contributed by atoms with van der Waals surface area (Å²) in [6.45, 7) is 1.61. The molecule has 1 saturated heterocycles. The highest BCUT2D eigenvalue weighted by Crippen LogP contribution is 2.07. The van der Waals surface area contributed by atoms with Crippen molar-refractivity contribution in [2.75, 3.05) is 34.0 Å². The molecule has 2 amide bonds. The molecule has 1 aliphatic rings. The Bertz CT molecular complexity index is 151. The van der Waals surface area contributed by atoms with Crippen LogP contribution in [0.25, 0.3) is 0 Å². The van der Waals surface area contributed by atoms with Crippen LogP contribution in [0.5, 0.6) is 0 Å². The Kier molecular flexibility index (Phi) is 2.67. The molecule has 64 valence electrons. The number of hydroxylamine groups is 2. The van der Waals surface area contributed by atoms with Crippen molar-refractivity contribution in [1.82, 2.24) is 9.96 Å². The largest absolute Gasteiger partial charge is 0.364 e. The number of hydrogen-bond donors (Lipinski definition) is 0. The first-order chi connectivity index (χ1) is 5.29. The maximum Gasteiger partial charge on any atom is 0.345 e. The van der Waals surface area contributed by atoms with Crippen LogP contribution in [0.2, 0.25) is 0 Å². The number of methoxy groups -OCH3 is 1. The number of carbonyl (C=O) groups is 1. The van der Waals surface area contributed by atoms with Crippen LogP contribution in [0.15, 0.2) is 0 Å². The lowest BCUT2D eigenvalue weighted by molar-refractivity contribution is -0.0737. The van der Waals surface area contributed by atoms with Gasteiger partial charge in [0.1, 0.15) is 6.73 Å². The van der Waals surface area contributed by atoms with E-state index in [2.05, 4.69) is 0 Å². The molecule has 5 heteroatoms. The maximum atomic E-state index is 11.2. The third-order valence-electron chi connectivity index (χ3n) is 1.56. The Morgan fingerprint density at radius 3 is 2.64 bits per heavy atom. The van der Waals surface area contributed by atoms with Crippen LogP contribution in [-0.2, 0) is 9.57 Å². The molecule has 0 atom stereocenters. The molecule has 0 radical (unpaired) electrons. The lowest BCUT2D eigenvalue weighted by atomic mass is 10.6. The third-order valence-corrected chi connectivity index (χ3v) is 1.56. The molecule has 5 nitrogen and oxygen atoms in total. The summed E-state index contributed by atoms with van der Waals surface area (Å²) in [4.78, 5) is 17.5. The van der Waals surface area contributed by atoms with E-state index in [1.807, 2.05) is 0 Å². The molecular weight excluding hydrogens is 148 g/mol. The van der Waals surface area contributed by atoms with E-state index in [4.69, 9.17) is 9.57 Å². The fourth-order valence-electron chi connectivity index (χ4n) is 1.01. The van der Waals surface area contributed by atoms with Gasteiger partial charge >= 0.3 is 6.03 Å². The SMILES string of the molecule is COCN1CCN(OC)C1=O. The predicted octanol–water partition coefficient (Wildman–Crippen LogP) is -0.111. The lowest BCUT2D eigenvalue weighted by Gasteiger charge is -2.14. The minimum absolute atomic E-state index is 0.130. The molecule has 0 bridgehead atoms. The number of hydrogen-bond acceptors (Lipinski definition) is 3. The van der Waals surface area contributed by atoms with Gasteiger partial charge in [-0.2, -0.15) is 0 Å². The van der Waals surface area contributed by atoms with Crippen molar-refractivity contribution in [2.24, 2.45) is 0 Å². The van der Waals surface area contributed by atoms with E-state index >= 15 is 0 Å². The molecule has 1 fully saturated rings. The zero-order valence-electron chi connectivity index (χ0n) is 6.74. The van der Waals surface area contributed by atoms with E-state index in [0.717, 1.165) is 0 Å². The fourth-order valence-corrected chi connectivity index (χ4v) is 1.01. The number of ether oxygens (including phenoxy) is 1. The molecule has 0 aromatic rings. The number of carbonyl (C=O) groups excluding carboxylic acids is 1. The number of nitrogens with zero attached hydrogens (tertiary/aromatic N) is 2. The summed E-state index contributed by atoms with van der Waals surface area (Å²) >= 11 is 0. The van der Waals surface area contributed by atoms with Crippen molar-refractivity contribution in [3.05, 3.63) is 0 Å². The van der Waals surface area contributed by atoms with Crippen LogP contribution >= 0.6 is 0 Å². The first-order valence-electron chi connectivity index (χ1n) is 3.39. The molecule has 1 heterocycles. The van der Waals surface area contributed by atoms with Gasteiger partial charge in [-0.3, -0.25) is 9.74 Å². The summed E-state index contributed by atoms with van der Waals surface area (Å²) in [6, 6.07) is -0.130. The van der Waals surface area contributed by atoms with E-state index in [1.165, 1.54) is 12.2 Å². The van der Waals surface area contributed by atoms with Crippen LogP contribution < -0.4 is 0 Å². The zero-order valence-corrected chi connectivity index (χ0v) is 6.74. The Morgan fingerprint density at radius 1 is 1.45 bits per heavy atom. The van der Waals surface area contributed by atoms with Gasteiger partial charge in [-0.25, -0.2) is 9.86 Å². The number of rotatable bonds is 3. The molecule has 0 unspecified atom stereocenters. The molecule has 0 saturated carbocycles. The van der Waals surface area contributed by atoms with Crippen LogP contribution in [0.4, 0.5) is 4.79 Å². The minimum atomic E-state index is -0.130. The molecule has 1 rings (SSSR count). The monoisotopic (exact) mass is 160 g/mol. The summed E-state index contributed by atoms with van der Waals surface area (Å²) in [7, 11) is 3.04. The van der Waals surface area contributed by atoms with Crippen molar-refractivity contribution in [1.29, 1.82) is 0 Å². The maximum absolute atomic E-state index is 11.2. The fraction of sp³-hybridized carbons (Fsp3) is 0.833. The van der Waals surface area contributed by atoms with Crippen molar-refractivity contribution in [2.45, 2.75) is 0 Å². The highest BCUT2D eigenvalue weighted by Gasteiger charge is 2.27. The van der Waals surface area contributed by atoms with Crippen molar-refractivity contribution >= 4 is 6.03 Å². The summed E-state index contributed by atoms with van der Waals surface area (Å²) in [5.74, 6) is 0. The second kappa shape index (κ2) is 3.54. The standard InChI is InChI=1S/C6H12N2O3/c1-10-5-7-3-4-8(11-2)6(7)9/h3-5H2,1-2H3. The van der Waals surface area contributed by atoms with Gasteiger partial charge in [0.15, 0.2) is 0 Å². The zero-order chi connectivity index (χ0) is 8.27. The molecule has 1 aliphatic heterocycles. The van der Waals surface area contributed by atoms with E-state index in [0.29, 0.717) is 19.8 Å². The van der Waals surface area contributed by atoms with Gasteiger partial charge in [0.25, 0.3) is 0 Å². The van der Waals surface area contributed by atoms with Gasteiger partial charge in [-0.05, 0) is 0 Å². The average molecular weight is 160 g/mol. The van der Waals surface area contributed by atoms with Crippen molar-refractivity contribution < 1.29 is 14.4 Å². The van der Waals surface area contributed by atoms with Gasteiger partial charge < -0.3 is 4.74 Å². The summed E-state index contributed by atoms with van der Waals surface area (Å²) < 4.78 is 4.81. The number of amides is 2. The van der Waals surface area contributed by atoms with Crippen LogP contribution in [-0.4, -0.2) is 50.0 Å². The van der Waals surface area contributed by atoms with Gasteiger partial charge in [-0.1, -0.05) is 0 Å². The third kappa shape index (κ3) is 1.61. The Balaban J connectivity index is 2.42. The lowest BCUT2D eigenvalue weighted by Crippen LogP contribution is -2.32. The first-order valence-corrected chi connectivity index (χ1v) is 3.39. The predicted molar refractivity (Wildman–Crippen MR) is 37.7 cm³/mol. The van der Waals surface area contributed by atoms with E-state index in [9.17, 15) is 4.79 Å². The molecule has 0 spiro atoms. The average Bonchev–Trinajstić information content (AvgIpc) is 2.34. The molecule has 11 heavy (non-hydrogen) atoms. The molecule has 0 aliphatic carbocycles. The summed E-state index contributed by atoms with van der Waals surface area (Å²) in [5.41, 5.74) is 0.